The highest BCUT2D eigenvalue weighted by atomic mass is 32.2. The number of likely N-dealkylation sites (tertiary alicyclic amines) is 1. The van der Waals surface area contributed by atoms with E-state index in [2.05, 4.69) is 39.7 Å². The average Bonchev–Trinajstić information content (AvgIpc) is 3.45. The van der Waals surface area contributed by atoms with Gasteiger partial charge < -0.3 is 44.4 Å². The number of alkyl carbamates (subject to hydrolysis) is 1. The molecular weight excluding hydrogens is 742 g/mol. The molecule has 4 rings (SSSR count). The molecule has 17 heteroatoms. The van der Waals surface area contributed by atoms with Gasteiger partial charge in [0.15, 0.2) is 0 Å². The first-order chi connectivity index (χ1) is 26.0. The fourth-order valence-electron chi connectivity index (χ4n) is 5.84. The number of carbonyl (C=O) groups excluding carboxylic acids is 1. The number of benzene rings is 2. The van der Waals surface area contributed by atoms with E-state index in [4.69, 9.17) is 18.9 Å². The molecule has 0 spiro atoms. The van der Waals surface area contributed by atoms with Crippen LogP contribution in [-0.4, -0.2) is 126 Å². The Morgan fingerprint density at radius 3 is 2.38 bits per heavy atom. The molecule has 0 radical (unpaired) electrons. The number of aromatic nitrogens is 1. The van der Waals surface area contributed by atoms with Gasteiger partial charge in [-0.3, -0.25) is 0 Å². The summed E-state index contributed by atoms with van der Waals surface area (Å²) in [7, 11) is 1.03. The van der Waals surface area contributed by atoms with Crippen LogP contribution in [0, 0.1) is 11.8 Å². The SMILES string of the molecule is COc1cc(S(=O)(=O)N(C)CCOCCOCCNC(=O)OC(C)(C)C)ccc1NCC#Cc1cc2c(NC3CCN(C)CC3)cccc2n1CC(F)(F)F. The smallest absolute Gasteiger partial charge is 0.407 e. The third kappa shape index (κ3) is 13.5. The molecule has 1 fully saturated rings. The van der Waals surface area contributed by atoms with Crippen LogP contribution in [0.25, 0.3) is 10.9 Å². The molecule has 0 aliphatic carbocycles. The highest BCUT2D eigenvalue weighted by Gasteiger charge is 2.30. The molecule has 1 saturated heterocycles. The molecule has 0 bridgehead atoms. The summed E-state index contributed by atoms with van der Waals surface area (Å²) < 4.78 is 91.6. The van der Waals surface area contributed by atoms with Gasteiger partial charge >= 0.3 is 12.3 Å². The van der Waals surface area contributed by atoms with Crippen LogP contribution in [0.4, 0.5) is 29.3 Å². The second-order valence-corrected chi connectivity index (χ2v) is 16.2. The van der Waals surface area contributed by atoms with Crippen LogP contribution in [0.15, 0.2) is 47.4 Å². The number of carbonyl (C=O) groups is 1. The van der Waals surface area contributed by atoms with Crippen LogP contribution < -0.4 is 20.7 Å². The van der Waals surface area contributed by atoms with E-state index in [9.17, 15) is 26.4 Å². The maximum atomic E-state index is 13.7. The van der Waals surface area contributed by atoms with Gasteiger partial charge in [-0.2, -0.15) is 17.5 Å². The van der Waals surface area contributed by atoms with Crippen molar-refractivity contribution in [3.63, 3.8) is 0 Å². The second-order valence-electron chi connectivity index (χ2n) is 14.2. The van der Waals surface area contributed by atoms with Crippen molar-refractivity contribution in [1.29, 1.82) is 0 Å². The number of piperidine rings is 1. The van der Waals surface area contributed by atoms with Crippen molar-refractivity contribution >= 4 is 38.4 Å². The highest BCUT2D eigenvalue weighted by molar-refractivity contribution is 7.89. The number of hydrogen-bond donors (Lipinski definition) is 3. The van der Waals surface area contributed by atoms with Crippen molar-refractivity contribution < 1.29 is 45.3 Å². The lowest BCUT2D eigenvalue weighted by Gasteiger charge is -2.30. The highest BCUT2D eigenvalue weighted by Crippen LogP contribution is 2.32. The van der Waals surface area contributed by atoms with Gasteiger partial charge in [0, 0.05) is 43.3 Å². The maximum absolute atomic E-state index is 13.7. The molecule has 0 atom stereocenters. The Bertz CT molecular complexity index is 1900. The number of nitrogens with one attached hydrogen (secondary N) is 3. The van der Waals surface area contributed by atoms with E-state index in [1.165, 1.54) is 35.2 Å². The molecule has 1 amide bonds. The van der Waals surface area contributed by atoms with Crippen LogP contribution in [0.1, 0.15) is 39.3 Å². The molecule has 3 aromatic rings. The Labute approximate surface area is 321 Å². The largest absolute Gasteiger partial charge is 0.495 e. The van der Waals surface area contributed by atoms with Crippen LogP contribution in [0.5, 0.6) is 5.75 Å². The van der Waals surface area contributed by atoms with Gasteiger partial charge in [-0.15, -0.1) is 0 Å². The van der Waals surface area contributed by atoms with Crippen molar-refractivity contribution in [3.05, 3.63) is 48.2 Å². The molecule has 0 saturated carbocycles. The molecular formula is C38H53F3N6O7S. The van der Waals surface area contributed by atoms with Gasteiger partial charge in [-0.05, 0) is 90.0 Å². The van der Waals surface area contributed by atoms with Gasteiger partial charge in [0.2, 0.25) is 10.0 Å². The summed E-state index contributed by atoms with van der Waals surface area (Å²) >= 11 is 0. The number of rotatable bonds is 17. The molecule has 2 aromatic carbocycles. The summed E-state index contributed by atoms with van der Waals surface area (Å²) in [5, 5.41) is 9.88. The quantitative estimate of drug-likeness (QED) is 0.121. The maximum Gasteiger partial charge on any atom is 0.407 e. The van der Waals surface area contributed by atoms with Crippen molar-refractivity contribution in [1.82, 2.24) is 19.1 Å². The molecule has 304 valence electrons. The van der Waals surface area contributed by atoms with Crippen LogP contribution in [0.3, 0.4) is 0 Å². The standard InChI is InChI=1S/C38H53F3N6O7S/c1-37(2,3)54-36(48)43-17-21-52-23-24-53-22-20-46(5)55(49,50)30-12-13-33(35(26-30)51-6)42-16-8-9-29-25-31-32(44-28-14-18-45(4)19-15-28)10-7-11-34(31)47(29)27-38(39,40)41/h7,10-13,25-26,28,42,44H,14-24,27H2,1-6H3,(H,43,48). The van der Waals surface area contributed by atoms with Crippen LogP contribution in [0.2, 0.25) is 0 Å². The summed E-state index contributed by atoms with van der Waals surface area (Å²) in [5.41, 5.74) is 1.33. The van der Waals surface area contributed by atoms with Crippen LogP contribution >= 0.6 is 0 Å². The summed E-state index contributed by atoms with van der Waals surface area (Å²) in [6, 6.07) is 11.6. The fourth-order valence-corrected chi connectivity index (χ4v) is 7.01. The van der Waals surface area contributed by atoms with Crippen molar-refractivity contribution in [2.24, 2.45) is 0 Å². The number of amides is 1. The van der Waals surface area contributed by atoms with E-state index in [1.54, 1.807) is 45.0 Å². The zero-order valence-corrected chi connectivity index (χ0v) is 33.2. The molecule has 55 heavy (non-hydrogen) atoms. The Balaban J connectivity index is 1.31. The first kappa shape index (κ1) is 43.5. The summed E-state index contributed by atoms with van der Waals surface area (Å²) in [4.78, 5) is 13.9. The zero-order chi connectivity index (χ0) is 40.2. The number of nitrogens with zero attached hydrogens (tertiary/aromatic N) is 3. The number of hydrogen-bond acceptors (Lipinski definition) is 10. The third-order valence-electron chi connectivity index (χ3n) is 8.66. The van der Waals surface area contributed by atoms with E-state index in [1.807, 2.05) is 6.07 Å². The minimum Gasteiger partial charge on any atom is -0.495 e. The number of fused-ring (bicyclic) bond motifs is 1. The summed E-state index contributed by atoms with van der Waals surface area (Å²) in [6.07, 6.45) is -3.10. The van der Waals surface area contributed by atoms with Crippen molar-refractivity contribution in [2.45, 2.75) is 62.9 Å². The number of ether oxygens (including phenoxy) is 4. The van der Waals surface area contributed by atoms with Gasteiger partial charge in [0.1, 0.15) is 17.9 Å². The van der Waals surface area contributed by atoms with E-state index in [-0.39, 0.29) is 68.4 Å². The normalized spacial score (nSPS) is 14.4. The topological polar surface area (TPSA) is 136 Å². The number of halogens is 3. The van der Waals surface area contributed by atoms with E-state index >= 15 is 0 Å². The predicted octanol–water partition coefficient (Wildman–Crippen LogP) is 5.36. The number of alkyl halides is 3. The van der Waals surface area contributed by atoms with Gasteiger partial charge in [-0.1, -0.05) is 12.0 Å². The monoisotopic (exact) mass is 794 g/mol. The molecule has 2 heterocycles. The molecule has 13 nitrogen and oxygen atoms in total. The van der Waals surface area contributed by atoms with Crippen molar-refractivity contribution in [3.8, 4) is 17.6 Å². The van der Waals surface area contributed by atoms with Crippen LogP contribution in [-0.2, 0) is 30.8 Å². The average molecular weight is 795 g/mol. The Kier molecular flexibility index (Phi) is 15.5. The minimum atomic E-state index is -4.45. The predicted molar refractivity (Wildman–Crippen MR) is 206 cm³/mol. The van der Waals surface area contributed by atoms with Gasteiger partial charge in [0.05, 0.1) is 61.9 Å². The Morgan fingerprint density at radius 1 is 1.00 bits per heavy atom. The number of methoxy groups -OCH3 is 1. The summed E-state index contributed by atoms with van der Waals surface area (Å²) in [5.74, 6) is 6.07. The molecule has 1 aliphatic rings. The van der Waals surface area contributed by atoms with Gasteiger partial charge in [0.25, 0.3) is 0 Å². The minimum absolute atomic E-state index is 0.00522. The Morgan fingerprint density at radius 2 is 1.71 bits per heavy atom. The fraction of sp³-hybridized carbons (Fsp3) is 0.553. The molecule has 1 aliphatic heterocycles. The first-order valence-corrected chi connectivity index (χ1v) is 19.5. The molecule has 1 aromatic heterocycles. The third-order valence-corrected chi connectivity index (χ3v) is 10.5. The van der Waals surface area contributed by atoms with E-state index < -0.39 is 34.4 Å². The zero-order valence-electron chi connectivity index (χ0n) is 32.3. The number of anilines is 2. The van der Waals surface area contributed by atoms with Gasteiger partial charge in [-0.25, -0.2) is 13.2 Å². The van der Waals surface area contributed by atoms with E-state index in [0.29, 0.717) is 16.6 Å². The lowest BCUT2D eigenvalue weighted by molar-refractivity contribution is -0.140. The van der Waals surface area contributed by atoms with Crippen molar-refractivity contribution in [2.75, 3.05) is 91.0 Å². The first-order valence-electron chi connectivity index (χ1n) is 18.1. The summed E-state index contributed by atoms with van der Waals surface area (Å²) in [6.45, 7) is 7.33. The van der Waals surface area contributed by atoms with E-state index in [0.717, 1.165) is 31.6 Å². The number of sulfonamides is 1. The second kappa shape index (κ2) is 19.6. The number of likely N-dealkylation sites (N-methyl/N-ethyl adjacent to an activating group) is 1. The lowest BCUT2D eigenvalue weighted by Crippen LogP contribution is -2.36. The lowest BCUT2D eigenvalue weighted by atomic mass is 10.0. The molecule has 3 N–H and O–H groups in total. The molecule has 0 unspecified atom stereocenters. The Hall–Kier alpha value is -4.21.